The second kappa shape index (κ2) is 3.49. The van der Waals surface area contributed by atoms with E-state index in [1.165, 1.54) is 0 Å². The number of rotatable bonds is 0. The molecule has 0 radical (unpaired) electrons. The average molecular weight is 200 g/mol. The molecule has 0 saturated carbocycles. The molecule has 0 aromatic carbocycles. The van der Waals surface area contributed by atoms with Crippen LogP contribution >= 0.6 is 0 Å². The van der Waals surface area contributed by atoms with Gasteiger partial charge in [0.1, 0.15) is 5.60 Å². The molecule has 0 aromatic rings. The summed E-state index contributed by atoms with van der Waals surface area (Å²) in [5.74, 6) is 0. The van der Waals surface area contributed by atoms with Crippen LogP contribution < -0.4 is 0 Å². The summed E-state index contributed by atoms with van der Waals surface area (Å²) in [7, 11) is 0. The highest BCUT2D eigenvalue weighted by atomic mass is 16.6. The van der Waals surface area contributed by atoms with Crippen LogP contribution in [0.5, 0.6) is 0 Å². The zero-order valence-corrected chi connectivity index (χ0v) is 10.4. The van der Waals surface area contributed by atoms with Crippen LogP contribution in [0.4, 0.5) is 0 Å². The molecule has 1 saturated heterocycles. The van der Waals surface area contributed by atoms with E-state index in [1.54, 1.807) is 0 Å². The first-order valence-electron chi connectivity index (χ1n) is 5.42. The standard InChI is InChI=1S/C12H24O2/c1-10(2,3)12(11(4,5)6)9-13-7-8-14-12/h7-9H2,1-6H3. The molecular formula is C12H24O2. The molecule has 2 heteroatoms. The number of ether oxygens (including phenoxy) is 2. The third-order valence-corrected chi connectivity index (χ3v) is 3.30. The third-order valence-electron chi connectivity index (χ3n) is 3.30. The maximum Gasteiger partial charge on any atom is 0.101 e. The van der Waals surface area contributed by atoms with Crippen LogP contribution in [0.1, 0.15) is 41.5 Å². The molecule has 1 aliphatic rings. The van der Waals surface area contributed by atoms with Gasteiger partial charge in [0.05, 0.1) is 19.8 Å². The highest BCUT2D eigenvalue weighted by molar-refractivity contribution is 5.02. The van der Waals surface area contributed by atoms with Crippen LogP contribution in [0.3, 0.4) is 0 Å². The number of hydrogen-bond donors (Lipinski definition) is 0. The lowest BCUT2D eigenvalue weighted by Crippen LogP contribution is -2.60. The van der Waals surface area contributed by atoms with Crippen LogP contribution in [-0.4, -0.2) is 25.4 Å². The predicted octanol–water partition coefficient (Wildman–Crippen LogP) is 2.86. The molecule has 1 heterocycles. The van der Waals surface area contributed by atoms with E-state index in [2.05, 4.69) is 41.5 Å². The molecule has 0 N–H and O–H groups in total. The van der Waals surface area contributed by atoms with Gasteiger partial charge in [0.15, 0.2) is 0 Å². The highest BCUT2D eigenvalue weighted by Gasteiger charge is 2.53. The molecule has 0 amide bonds. The summed E-state index contributed by atoms with van der Waals surface area (Å²) in [6.07, 6.45) is 0. The van der Waals surface area contributed by atoms with Crippen LogP contribution in [0.25, 0.3) is 0 Å². The molecule has 0 unspecified atom stereocenters. The highest BCUT2D eigenvalue weighted by Crippen LogP contribution is 2.47. The van der Waals surface area contributed by atoms with Gasteiger partial charge in [-0.15, -0.1) is 0 Å². The van der Waals surface area contributed by atoms with E-state index in [0.29, 0.717) is 13.2 Å². The minimum absolute atomic E-state index is 0.103. The molecule has 84 valence electrons. The van der Waals surface area contributed by atoms with Crippen molar-refractivity contribution in [2.45, 2.75) is 47.1 Å². The first-order chi connectivity index (χ1) is 6.21. The summed E-state index contributed by atoms with van der Waals surface area (Å²) < 4.78 is 11.7. The number of hydrogen-bond acceptors (Lipinski definition) is 2. The molecule has 14 heavy (non-hydrogen) atoms. The van der Waals surface area contributed by atoms with E-state index in [0.717, 1.165) is 6.61 Å². The molecule has 2 nitrogen and oxygen atoms in total. The lowest BCUT2D eigenvalue weighted by Gasteiger charge is -2.54. The van der Waals surface area contributed by atoms with E-state index >= 15 is 0 Å². The van der Waals surface area contributed by atoms with Crippen molar-refractivity contribution in [1.29, 1.82) is 0 Å². The molecule has 1 fully saturated rings. The summed E-state index contributed by atoms with van der Waals surface area (Å²) in [6, 6.07) is 0. The van der Waals surface area contributed by atoms with Gasteiger partial charge in [0.2, 0.25) is 0 Å². The minimum atomic E-state index is -0.168. The van der Waals surface area contributed by atoms with Gasteiger partial charge in [0, 0.05) is 0 Å². The second-order valence-electron chi connectivity index (χ2n) is 6.23. The van der Waals surface area contributed by atoms with Gasteiger partial charge >= 0.3 is 0 Å². The Bertz CT molecular complexity index is 173. The summed E-state index contributed by atoms with van der Waals surface area (Å²) in [4.78, 5) is 0. The van der Waals surface area contributed by atoms with Crippen molar-refractivity contribution in [3.05, 3.63) is 0 Å². The maximum atomic E-state index is 6.07. The van der Waals surface area contributed by atoms with Crippen molar-refractivity contribution >= 4 is 0 Å². The van der Waals surface area contributed by atoms with Crippen molar-refractivity contribution in [3.8, 4) is 0 Å². The molecule has 0 aromatic heterocycles. The summed E-state index contributed by atoms with van der Waals surface area (Å²) >= 11 is 0. The zero-order chi connectivity index (χ0) is 11.0. The van der Waals surface area contributed by atoms with Crippen LogP contribution in [-0.2, 0) is 9.47 Å². The Morgan fingerprint density at radius 1 is 0.857 bits per heavy atom. The van der Waals surface area contributed by atoms with Gasteiger partial charge in [-0.05, 0) is 10.8 Å². The van der Waals surface area contributed by atoms with Gasteiger partial charge in [-0.25, -0.2) is 0 Å². The fraction of sp³-hybridized carbons (Fsp3) is 1.00. The van der Waals surface area contributed by atoms with E-state index in [1.807, 2.05) is 0 Å². The summed E-state index contributed by atoms with van der Waals surface area (Å²) in [6.45, 7) is 15.5. The molecular weight excluding hydrogens is 176 g/mol. The summed E-state index contributed by atoms with van der Waals surface area (Å²) in [5.41, 5.74) is 0.0373. The Kier molecular flexibility index (Phi) is 2.99. The second-order valence-corrected chi connectivity index (χ2v) is 6.23. The Morgan fingerprint density at radius 2 is 1.36 bits per heavy atom. The molecule has 0 bridgehead atoms. The van der Waals surface area contributed by atoms with E-state index in [9.17, 15) is 0 Å². The fourth-order valence-corrected chi connectivity index (χ4v) is 2.52. The fourth-order valence-electron chi connectivity index (χ4n) is 2.52. The molecule has 1 rings (SSSR count). The lowest BCUT2D eigenvalue weighted by atomic mass is 9.62. The quantitative estimate of drug-likeness (QED) is 0.598. The van der Waals surface area contributed by atoms with Gasteiger partial charge in [-0.1, -0.05) is 41.5 Å². The smallest absolute Gasteiger partial charge is 0.101 e. The van der Waals surface area contributed by atoms with Crippen molar-refractivity contribution in [2.75, 3.05) is 19.8 Å². The lowest BCUT2D eigenvalue weighted by molar-refractivity contribution is -0.248. The van der Waals surface area contributed by atoms with Crippen molar-refractivity contribution < 1.29 is 9.47 Å². The van der Waals surface area contributed by atoms with Crippen molar-refractivity contribution in [2.24, 2.45) is 10.8 Å². The Hall–Kier alpha value is -0.0800. The van der Waals surface area contributed by atoms with E-state index in [-0.39, 0.29) is 16.4 Å². The van der Waals surface area contributed by atoms with E-state index < -0.39 is 0 Å². The molecule has 1 aliphatic heterocycles. The van der Waals surface area contributed by atoms with Crippen molar-refractivity contribution in [1.82, 2.24) is 0 Å². The third kappa shape index (κ3) is 1.82. The Balaban J connectivity index is 3.01. The molecule has 0 aliphatic carbocycles. The summed E-state index contributed by atoms with van der Waals surface area (Å²) in [5, 5.41) is 0. The van der Waals surface area contributed by atoms with Gasteiger partial charge in [0.25, 0.3) is 0 Å². The Morgan fingerprint density at radius 3 is 1.57 bits per heavy atom. The largest absolute Gasteiger partial charge is 0.376 e. The van der Waals surface area contributed by atoms with Crippen LogP contribution in [0, 0.1) is 10.8 Å². The monoisotopic (exact) mass is 200 g/mol. The normalized spacial score (nSPS) is 23.6. The first kappa shape index (κ1) is 12.0. The van der Waals surface area contributed by atoms with E-state index in [4.69, 9.17) is 9.47 Å². The topological polar surface area (TPSA) is 18.5 Å². The predicted molar refractivity (Wildman–Crippen MR) is 58.4 cm³/mol. The average Bonchev–Trinajstić information content (AvgIpc) is 2.02. The first-order valence-corrected chi connectivity index (χ1v) is 5.42. The minimum Gasteiger partial charge on any atom is -0.376 e. The van der Waals surface area contributed by atoms with Crippen LogP contribution in [0.15, 0.2) is 0 Å². The zero-order valence-electron chi connectivity index (χ0n) is 10.4. The maximum absolute atomic E-state index is 6.07. The SMILES string of the molecule is CC(C)(C)C1(C(C)(C)C)COCCO1. The van der Waals surface area contributed by atoms with Crippen LogP contribution in [0.2, 0.25) is 0 Å². The molecule has 0 spiro atoms. The van der Waals surface area contributed by atoms with Gasteiger partial charge < -0.3 is 9.47 Å². The van der Waals surface area contributed by atoms with Crippen molar-refractivity contribution in [3.63, 3.8) is 0 Å². The molecule has 0 atom stereocenters. The van der Waals surface area contributed by atoms with Gasteiger partial charge in [-0.3, -0.25) is 0 Å². The Labute approximate surface area is 88.0 Å². The van der Waals surface area contributed by atoms with Gasteiger partial charge in [-0.2, -0.15) is 0 Å².